The molecule has 8 heteroatoms. The van der Waals surface area contributed by atoms with Crippen molar-refractivity contribution < 1.29 is 16.5 Å². The standard InChI is InChI=1S/C22H26.H8O4Si4/c1-13-10-15(3)17-8-9-19-18-7-5-6-14(2)20(18)12-16(4)22(19)21(17)11-13;1-5-2-7-4-8-3-6-1/h5-9,12-16H,10-11H2,1-4H3;5-8H2. The van der Waals surface area contributed by atoms with Gasteiger partial charge in [0.15, 0.2) is 0 Å². The Balaban J connectivity index is 0.000000230. The van der Waals surface area contributed by atoms with Gasteiger partial charge < -0.3 is 16.5 Å². The lowest BCUT2D eigenvalue weighted by molar-refractivity contribution is 0.347. The van der Waals surface area contributed by atoms with Gasteiger partial charge >= 0.3 is 0 Å². The van der Waals surface area contributed by atoms with Gasteiger partial charge in [0.2, 0.25) is 0 Å². The summed E-state index contributed by atoms with van der Waals surface area (Å²) in [6.45, 7) is 9.52. The number of hydrogen-bond acceptors (Lipinski definition) is 4. The minimum Gasteiger partial charge on any atom is -0.425 e. The van der Waals surface area contributed by atoms with E-state index in [4.69, 9.17) is 16.5 Å². The van der Waals surface area contributed by atoms with Gasteiger partial charge in [-0.05, 0) is 64.0 Å². The highest BCUT2D eigenvalue weighted by Gasteiger charge is 2.31. The zero-order valence-electron chi connectivity index (χ0n) is 18.6. The van der Waals surface area contributed by atoms with E-state index >= 15 is 0 Å². The first kappa shape index (κ1) is 22.3. The Hall–Kier alpha value is -0.852. The quantitative estimate of drug-likeness (QED) is 0.540. The Morgan fingerprint density at radius 1 is 0.867 bits per heavy atom. The van der Waals surface area contributed by atoms with Crippen molar-refractivity contribution in [2.24, 2.45) is 11.8 Å². The van der Waals surface area contributed by atoms with Crippen molar-refractivity contribution in [1.29, 1.82) is 0 Å². The van der Waals surface area contributed by atoms with Crippen LogP contribution in [0.5, 0.6) is 0 Å². The van der Waals surface area contributed by atoms with Crippen molar-refractivity contribution in [2.75, 3.05) is 0 Å². The van der Waals surface area contributed by atoms with Crippen LogP contribution in [0, 0.1) is 11.8 Å². The number of fused-ring (bicyclic) bond motifs is 5. The molecule has 4 aliphatic rings. The molecule has 0 saturated carbocycles. The summed E-state index contributed by atoms with van der Waals surface area (Å²) in [6.07, 6.45) is 12.0. The van der Waals surface area contributed by atoms with Gasteiger partial charge in [-0.2, -0.15) is 0 Å². The van der Waals surface area contributed by atoms with E-state index in [2.05, 4.69) is 64.1 Å². The zero-order chi connectivity index (χ0) is 21.1. The maximum Gasteiger partial charge on any atom is 0.286 e. The molecule has 162 valence electrons. The Bertz CT molecular complexity index is 843. The lowest BCUT2D eigenvalue weighted by atomic mass is 9.69. The van der Waals surface area contributed by atoms with E-state index in [-0.39, 0.29) is 0 Å². The number of benzene rings is 1. The molecule has 0 radical (unpaired) electrons. The second kappa shape index (κ2) is 10.2. The average molecular weight is 475 g/mol. The summed E-state index contributed by atoms with van der Waals surface area (Å²) < 4.78 is 20.4. The molecule has 4 atom stereocenters. The predicted molar refractivity (Wildman–Crippen MR) is 134 cm³/mol. The molecule has 0 spiro atoms. The molecule has 4 nitrogen and oxygen atoms in total. The van der Waals surface area contributed by atoms with Crippen molar-refractivity contribution in [3.05, 3.63) is 64.3 Å². The third-order valence-corrected chi connectivity index (χ3v) is 11.9. The summed E-state index contributed by atoms with van der Waals surface area (Å²) >= 11 is 0. The van der Waals surface area contributed by atoms with E-state index in [0.717, 1.165) is 5.92 Å². The molecule has 0 aromatic heterocycles. The van der Waals surface area contributed by atoms with E-state index in [1.807, 2.05) is 0 Å². The van der Waals surface area contributed by atoms with Crippen molar-refractivity contribution in [3.8, 4) is 0 Å². The van der Waals surface area contributed by atoms with Crippen molar-refractivity contribution in [3.63, 3.8) is 0 Å². The van der Waals surface area contributed by atoms with Crippen LogP contribution in [0.3, 0.4) is 0 Å². The van der Waals surface area contributed by atoms with E-state index in [1.54, 1.807) is 16.7 Å². The molecule has 5 rings (SSSR count). The molecule has 0 bridgehead atoms. The Morgan fingerprint density at radius 3 is 2.20 bits per heavy atom. The molecule has 1 aliphatic heterocycles. The topological polar surface area (TPSA) is 36.9 Å². The summed E-state index contributed by atoms with van der Waals surface area (Å²) in [5.41, 5.74) is 9.39. The Kier molecular flexibility index (Phi) is 7.58. The van der Waals surface area contributed by atoms with Crippen molar-refractivity contribution >= 4 is 45.6 Å². The average Bonchev–Trinajstić information content (AvgIpc) is 2.68. The van der Waals surface area contributed by atoms with Gasteiger partial charge in [0.1, 0.15) is 0 Å². The Morgan fingerprint density at radius 2 is 1.53 bits per heavy atom. The normalized spacial score (nSPS) is 33.5. The summed E-state index contributed by atoms with van der Waals surface area (Å²) in [7, 11) is -2.61. The molecular formula is C22H34O4Si4. The molecule has 3 aliphatic carbocycles. The molecule has 4 unspecified atom stereocenters. The SMILES string of the molecule is CC1Cc2c(ccc3c2C(C)C=C2C3=CC=CC2C)C(C)C1.O1[SiH2]O[SiH2]O[SiH2]O[SiH2]1. The molecule has 0 amide bonds. The van der Waals surface area contributed by atoms with Crippen LogP contribution in [0.25, 0.3) is 5.57 Å². The predicted octanol–water partition coefficient (Wildman–Crippen LogP) is 2.07. The lowest BCUT2D eigenvalue weighted by Gasteiger charge is -2.36. The largest absolute Gasteiger partial charge is 0.425 e. The van der Waals surface area contributed by atoms with E-state index in [1.165, 1.54) is 29.6 Å². The van der Waals surface area contributed by atoms with Gasteiger partial charge in [-0.15, -0.1) is 0 Å². The van der Waals surface area contributed by atoms with Crippen molar-refractivity contribution in [2.45, 2.75) is 52.4 Å². The van der Waals surface area contributed by atoms with Gasteiger partial charge in [-0.3, -0.25) is 0 Å². The maximum absolute atomic E-state index is 5.10. The fraction of sp³-hybridized carbons (Fsp3) is 0.455. The monoisotopic (exact) mass is 474 g/mol. The minimum atomic E-state index is -0.653. The number of rotatable bonds is 0. The van der Waals surface area contributed by atoms with Gasteiger partial charge in [0, 0.05) is 5.92 Å². The zero-order valence-corrected chi connectivity index (χ0v) is 24.3. The summed E-state index contributed by atoms with van der Waals surface area (Å²) in [5, 5.41) is 0. The van der Waals surface area contributed by atoms with E-state index < -0.39 is 40.0 Å². The molecule has 30 heavy (non-hydrogen) atoms. The van der Waals surface area contributed by atoms with Crippen molar-refractivity contribution in [1.82, 2.24) is 0 Å². The van der Waals surface area contributed by atoms with E-state index in [0.29, 0.717) is 17.8 Å². The number of hydrogen-bond donors (Lipinski definition) is 0. The third kappa shape index (κ3) is 4.81. The first-order valence-corrected chi connectivity index (χ1v) is 15.8. The van der Waals surface area contributed by atoms with Crippen LogP contribution in [-0.2, 0) is 22.9 Å². The molecule has 1 aromatic carbocycles. The first-order chi connectivity index (χ1) is 14.6. The highest BCUT2D eigenvalue weighted by molar-refractivity contribution is 6.50. The maximum atomic E-state index is 5.10. The highest BCUT2D eigenvalue weighted by Crippen LogP contribution is 2.47. The minimum absolute atomic E-state index is 0.545. The Labute approximate surface area is 190 Å². The molecule has 1 aromatic rings. The van der Waals surface area contributed by atoms with Crippen LogP contribution in [0.2, 0.25) is 0 Å². The van der Waals surface area contributed by atoms with Crippen LogP contribution in [-0.4, -0.2) is 40.0 Å². The first-order valence-electron chi connectivity index (χ1n) is 11.1. The fourth-order valence-electron chi connectivity index (χ4n) is 5.26. The number of allylic oxidation sites excluding steroid dienone is 6. The van der Waals surface area contributed by atoms with Gasteiger partial charge in [0.05, 0.1) is 0 Å². The van der Waals surface area contributed by atoms with Crippen LogP contribution in [0.1, 0.15) is 68.2 Å². The van der Waals surface area contributed by atoms with Crippen LogP contribution in [0.4, 0.5) is 0 Å². The summed E-state index contributed by atoms with van der Waals surface area (Å²) in [6, 6.07) is 4.83. The summed E-state index contributed by atoms with van der Waals surface area (Å²) in [5.74, 6) is 2.61. The molecule has 1 heterocycles. The molecular weight excluding hydrogens is 441 g/mol. The van der Waals surface area contributed by atoms with Gasteiger partial charge in [-0.25, -0.2) is 0 Å². The van der Waals surface area contributed by atoms with Crippen LogP contribution in [0.15, 0.2) is 42.0 Å². The molecule has 0 N–H and O–H groups in total. The van der Waals surface area contributed by atoms with Crippen LogP contribution >= 0.6 is 0 Å². The second-order valence-electron chi connectivity index (χ2n) is 8.99. The van der Waals surface area contributed by atoms with Crippen LogP contribution < -0.4 is 0 Å². The molecule has 1 saturated heterocycles. The fourth-order valence-corrected chi connectivity index (χ4v) is 12.5. The third-order valence-electron chi connectivity index (χ3n) is 6.54. The second-order valence-corrected chi connectivity index (χ2v) is 16.5. The lowest BCUT2D eigenvalue weighted by Crippen LogP contribution is -2.23. The summed E-state index contributed by atoms with van der Waals surface area (Å²) in [4.78, 5) is 0. The van der Waals surface area contributed by atoms with E-state index in [9.17, 15) is 0 Å². The smallest absolute Gasteiger partial charge is 0.286 e. The van der Waals surface area contributed by atoms with Gasteiger partial charge in [0.25, 0.3) is 40.0 Å². The molecule has 1 fully saturated rings. The van der Waals surface area contributed by atoms with Gasteiger partial charge in [-0.1, -0.05) is 64.1 Å². The highest BCUT2D eigenvalue weighted by atomic mass is 28.4.